The van der Waals surface area contributed by atoms with Gasteiger partial charge in [-0.3, -0.25) is 0 Å². The van der Waals surface area contributed by atoms with Gasteiger partial charge in [0.15, 0.2) is 0 Å². The molecule has 0 fully saturated rings. The second kappa shape index (κ2) is 5.21. The average molecular weight is 347 g/mol. The smallest absolute Gasteiger partial charge is 0.100 e. The Bertz CT molecular complexity index is 1410. The number of hydrogen-bond acceptors (Lipinski definition) is 1. The Morgan fingerprint density at radius 2 is 1.48 bits per heavy atom. The van der Waals surface area contributed by atoms with E-state index in [2.05, 4.69) is 88.9 Å². The molecular weight excluding hydrogens is 330 g/mol. The molecule has 0 aliphatic rings. The SMILES string of the molecule is Cc1cc2c(-c3ccccc3)cn3c4cnn(-c5ccccc5)c4c(c1)c23. The molecule has 0 saturated heterocycles. The molecule has 3 aromatic carbocycles. The second-order valence-corrected chi connectivity index (χ2v) is 7.11. The number of benzene rings is 3. The summed E-state index contributed by atoms with van der Waals surface area (Å²) in [6.07, 6.45) is 4.23. The summed E-state index contributed by atoms with van der Waals surface area (Å²) in [6.45, 7) is 2.17. The van der Waals surface area contributed by atoms with Gasteiger partial charge in [0.05, 0.1) is 22.9 Å². The maximum Gasteiger partial charge on any atom is 0.100 e. The van der Waals surface area contributed by atoms with E-state index in [0.29, 0.717) is 0 Å². The van der Waals surface area contributed by atoms with Crippen LogP contribution in [0.25, 0.3) is 44.1 Å². The maximum atomic E-state index is 4.70. The first kappa shape index (κ1) is 14.6. The molecule has 3 nitrogen and oxygen atoms in total. The van der Waals surface area contributed by atoms with E-state index in [1.54, 1.807) is 0 Å². The van der Waals surface area contributed by atoms with E-state index < -0.39 is 0 Å². The van der Waals surface area contributed by atoms with Crippen LogP contribution in [0.1, 0.15) is 5.56 Å². The molecule has 128 valence electrons. The predicted molar refractivity (Wildman–Crippen MR) is 111 cm³/mol. The van der Waals surface area contributed by atoms with E-state index in [4.69, 9.17) is 5.10 Å². The molecule has 0 amide bonds. The third-order valence-corrected chi connectivity index (χ3v) is 5.39. The van der Waals surface area contributed by atoms with Crippen molar-refractivity contribution < 1.29 is 0 Å². The van der Waals surface area contributed by atoms with Gasteiger partial charge in [-0.15, -0.1) is 0 Å². The monoisotopic (exact) mass is 347 g/mol. The van der Waals surface area contributed by atoms with Crippen LogP contribution in [0.2, 0.25) is 0 Å². The number of nitrogens with zero attached hydrogens (tertiary/aromatic N) is 3. The van der Waals surface area contributed by atoms with Gasteiger partial charge in [-0.05, 0) is 42.3 Å². The van der Waals surface area contributed by atoms with Gasteiger partial charge in [0, 0.05) is 22.5 Å². The van der Waals surface area contributed by atoms with Crippen LogP contribution in [0.3, 0.4) is 0 Å². The van der Waals surface area contributed by atoms with E-state index >= 15 is 0 Å². The number of fused-ring (bicyclic) bond motifs is 3. The molecule has 0 bridgehead atoms. The molecule has 6 rings (SSSR count). The highest BCUT2D eigenvalue weighted by Gasteiger charge is 2.20. The van der Waals surface area contributed by atoms with E-state index in [0.717, 1.165) is 11.2 Å². The maximum absolute atomic E-state index is 4.70. The Hall–Kier alpha value is -3.59. The number of rotatable bonds is 2. The number of para-hydroxylation sites is 1. The van der Waals surface area contributed by atoms with Crippen LogP contribution in [0.15, 0.2) is 85.2 Å². The van der Waals surface area contributed by atoms with Crippen LogP contribution < -0.4 is 0 Å². The van der Waals surface area contributed by atoms with Crippen LogP contribution in [0.5, 0.6) is 0 Å². The second-order valence-electron chi connectivity index (χ2n) is 7.11. The van der Waals surface area contributed by atoms with Gasteiger partial charge in [0.25, 0.3) is 0 Å². The zero-order chi connectivity index (χ0) is 18.0. The van der Waals surface area contributed by atoms with Gasteiger partial charge >= 0.3 is 0 Å². The van der Waals surface area contributed by atoms with Crippen molar-refractivity contribution in [3.8, 4) is 16.8 Å². The van der Waals surface area contributed by atoms with Gasteiger partial charge in [-0.1, -0.05) is 48.5 Å². The summed E-state index contributed by atoms with van der Waals surface area (Å²) < 4.78 is 4.35. The van der Waals surface area contributed by atoms with E-state index in [-0.39, 0.29) is 0 Å². The van der Waals surface area contributed by atoms with E-state index in [1.165, 1.54) is 38.5 Å². The summed E-state index contributed by atoms with van der Waals surface area (Å²) in [5.41, 5.74) is 8.46. The fourth-order valence-electron chi connectivity index (χ4n) is 4.26. The number of aryl methyl sites for hydroxylation is 1. The van der Waals surface area contributed by atoms with Crippen LogP contribution in [0, 0.1) is 6.92 Å². The van der Waals surface area contributed by atoms with Crippen molar-refractivity contribution in [3.05, 3.63) is 90.8 Å². The fourth-order valence-corrected chi connectivity index (χ4v) is 4.26. The van der Waals surface area contributed by atoms with Gasteiger partial charge in [-0.2, -0.15) is 5.10 Å². The topological polar surface area (TPSA) is 22.2 Å². The molecule has 0 spiro atoms. The summed E-state index contributed by atoms with van der Waals surface area (Å²) in [6, 6.07) is 25.5. The van der Waals surface area contributed by atoms with Gasteiger partial charge in [0.2, 0.25) is 0 Å². The normalized spacial score (nSPS) is 11.9. The Kier molecular flexibility index (Phi) is 2.81. The highest BCUT2D eigenvalue weighted by atomic mass is 15.3. The third-order valence-electron chi connectivity index (χ3n) is 5.39. The number of hydrogen-bond donors (Lipinski definition) is 0. The van der Waals surface area contributed by atoms with Gasteiger partial charge in [0.1, 0.15) is 5.52 Å². The van der Waals surface area contributed by atoms with Crippen LogP contribution in [-0.4, -0.2) is 14.2 Å². The molecule has 0 aliphatic carbocycles. The zero-order valence-electron chi connectivity index (χ0n) is 14.9. The first-order chi connectivity index (χ1) is 13.3. The van der Waals surface area contributed by atoms with Crippen molar-refractivity contribution in [2.45, 2.75) is 6.92 Å². The lowest BCUT2D eigenvalue weighted by atomic mass is 10.0. The van der Waals surface area contributed by atoms with Gasteiger partial charge in [-0.25, -0.2) is 4.68 Å². The highest BCUT2D eigenvalue weighted by Crippen LogP contribution is 2.40. The summed E-state index contributed by atoms with van der Waals surface area (Å²) in [5.74, 6) is 0. The number of aromatic nitrogens is 3. The minimum absolute atomic E-state index is 1.09. The van der Waals surface area contributed by atoms with Crippen LogP contribution in [0.4, 0.5) is 0 Å². The lowest BCUT2D eigenvalue weighted by Crippen LogP contribution is -1.95. The molecule has 3 heteroatoms. The Morgan fingerprint density at radius 1 is 0.778 bits per heavy atom. The minimum atomic E-state index is 1.09. The molecule has 6 aromatic rings. The highest BCUT2D eigenvalue weighted by molar-refractivity contribution is 6.17. The molecule has 0 N–H and O–H groups in total. The van der Waals surface area contributed by atoms with Crippen LogP contribution in [-0.2, 0) is 0 Å². The van der Waals surface area contributed by atoms with E-state index in [9.17, 15) is 0 Å². The van der Waals surface area contributed by atoms with Gasteiger partial charge < -0.3 is 4.40 Å². The lowest BCUT2D eigenvalue weighted by Gasteiger charge is -2.04. The summed E-state index contributed by atoms with van der Waals surface area (Å²) in [7, 11) is 0. The van der Waals surface area contributed by atoms with Crippen LogP contribution >= 0.6 is 0 Å². The minimum Gasteiger partial charge on any atom is -0.312 e. The van der Waals surface area contributed by atoms with E-state index in [1.807, 2.05) is 12.3 Å². The largest absolute Gasteiger partial charge is 0.312 e. The molecule has 0 aliphatic heterocycles. The third kappa shape index (κ3) is 1.94. The first-order valence-corrected chi connectivity index (χ1v) is 9.16. The lowest BCUT2D eigenvalue weighted by molar-refractivity contribution is 0.913. The molecule has 3 aromatic heterocycles. The fraction of sp³-hybridized carbons (Fsp3) is 0.0417. The summed E-state index contributed by atoms with van der Waals surface area (Å²) in [4.78, 5) is 0. The molecule has 0 saturated carbocycles. The van der Waals surface area contributed by atoms with Crippen molar-refractivity contribution >= 4 is 27.3 Å². The quantitative estimate of drug-likeness (QED) is 0.385. The van der Waals surface area contributed by atoms with Crippen molar-refractivity contribution in [3.63, 3.8) is 0 Å². The Labute approximate surface area is 156 Å². The molecule has 0 radical (unpaired) electrons. The Morgan fingerprint density at radius 3 is 2.26 bits per heavy atom. The molecular formula is C24H17N3. The average Bonchev–Trinajstić information content (AvgIpc) is 3.37. The summed E-state index contributed by atoms with van der Waals surface area (Å²) >= 11 is 0. The standard InChI is InChI=1S/C24H17N3/c1-16-12-19-21(17-8-4-2-5-9-17)15-26-22-14-25-27(18-10-6-3-7-11-18)24(22)20(13-16)23(19)26/h2-15H,1H3. The molecule has 0 unspecified atom stereocenters. The van der Waals surface area contributed by atoms with Crippen molar-refractivity contribution in [1.82, 2.24) is 14.2 Å². The van der Waals surface area contributed by atoms with Crippen molar-refractivity contribution in [2.75, 3.05) is 0 Å². The first-order valence-electron chi connectivity index (χ1n) is 9.16. The predicted octanol–water partition coefficient (Wildman–Crippen LogP) is 5.84. The molecule has 27 heavy (non-hydrogen) atoms. The molecule has 3 heterocycles. The summed E-state index contributed by atoms with van der Waals surface area (Å²) in [5, 5.41) is 7.25. The van der Waals surface area contributed by atoms with Crippen molar-refractivity contribution in [2.24, 2.45) is 0 Å². The molecule has 0 atom stereocenters. The Balaban J connectivity index is 1.76. The zero-order valence-corrected chi connectivity index (χ0v) is 14.9. The van der Waals surface area contributed by atoms with Crippen molar-refractivity contribution in [1.29, 1.82) is 0 Å².